The minimum absolute atomic E-state index is 0.106. The molecule has 0 aromatic carbocycles. The van der Waals surface area contributed by atoms with Crippen LogP contribution in [-0.4, -0.2) is 96.7 Å². The van der Waals surface area contributed by atoms with Crippen LogP contribution in [0.15, 0.2) is 0 Å². The second kappa shape index (κ2) is 72.6. The number of carbonyl (C=O) groups excluding carboxylic acids is 4. The zero-order chi connectivity index (χ0) is 73.5. The normalized spacial score (nSPS) is 14.4. The molecule has 19 heteroatoms. The fourth-order valence-corrected chi connectivity index (χ4v) is 14.1. The Bertz CT molecular complexity index is 1930. The van der Waals surface area contributed by atoms with E-state index in [0.29, 0.717) is 25.7 Å². The number of aliphatic hydroxyl groups is 1. The Labute approximate surface area is 613 Å². The van der Waals surface area contributed by atoms with Gasteiger partial charge in [0.05, 0.1) is 26.4 Å². The van der Waals surface area contributed by atoms with Crippen molar-refractivity contribution < 1.29 is 80.2 Å². The van der Waals surface area contributed by atoms with Gasteiger partial charge in [-0.15, -0.1) is 0 Å². The number of hydrogen-bond acceptors (Lipinski definition) is 15. The molecule has 4 unspecified atom stereocenters. The molecular formula is C81H158O17P2. The molecule has 0 spiro atoms. The van der Waals surface area contributed by atoms with Gasteiger partial charge in [0.2, 0.25) is 0 Å². The smallest absolute Gasteiger partial charge is 0.462 e. The lowest BCUT2D eigenvalue weighted by molar-refractivity contribution is -0.161. The number of hydrogen-bond donors (Lipinski definition) is 3. The predicted octanol–water partition coefficient (Wildman–Crippen LogP) is 24.3. The van der Waals surface area contributed by atoms with Crippen LogP contribution in [0.4, 0.5) is 0 Å². The van der Waals surface area contributed by atoms with Gasteiger partial charge in [0, 0.05) is 25.7 Å². The van der Waals surface area contributed by atoms with E-state index in [1.807, 2.05) is 0 Å². The Morgan fingerprint density at radius 1 is 0.280 bits per heavy atom. The highest BCUT2D eigenvalue weighted by Crippen LogP contribution is 2.45. The van der Waals surface area contributed by atoms with Crippen LogP contribution < -0.4 is 0 Å². The van der Waals surface area contributed by atoms with Crippen LogP contribution in [0, 0.1) is 11.8 Å². The van der Waals surface area contributed by atoms with Gasteiger partial charge >= 0.3 is 39.5 Å². The van der Waals surface area contributed by atoms with Crippen molar-refractivity contribution in [3.05, 3.63) is 0 Å². The average molecular weight is 1470 g/mol. The van der Waals surface area contributed by atoms with Crippen molar-refractivity contribution in [2.75, 3.05) is 39.6 Å². The Balaban J connectivity index is 5.27. The maximum absolute atomic E-state index is 13.1. The Morgan fingerprint density at radius 3 is 0.710 bits per heavy atom. The summed E-state index contributed by atoms with van der Waals surface area (Å²) in [6, 6.07) is 0. The van der Waals surface area contributed by atoms with Crippen LogP contribution >= 0.6 is 15.6 Å². The van der Waals surface area contributed by atoms with E-state index in [1.165, 1.54) is 244 Å². The summed E-state index contributed by atoms with van der Waals surface area (Å²) < 4.78 is 68.8. The van der Waals surface area contributed by atoms with Crippen molar-refractivity contribution in [3.63, 3.8) is 0 Å². The number of phosphoric ester groups is 2. The van der Waals surface area contributed by atoms with Gasteiger partial charge in [-0.1, -0.05) is 375 Å². The van der Waals surface area contributed by atoms with Gasteiger partial charge < -0.3 is 33.8 Å². The maximum Gasteiger partial charge on any atom is 0.472 e. The van der Waals surface area contributed by atoms with E-state index in [9.17, 15) is 43.2 Å². The first-order chi connectivity index (χ1) is 48.4. The molecule has 0 aromatic rings. The van der Waals surface area contributed by atoms with E-state index in [2.05, 4.69) is 41.5 Å². The van der Waals surface area contributed by atoms with Crippen molar-refractivity contribution in [2.45, 2.75) is 445 Å². The monoisotopic (exact) mass is 1470 g/mol. The predicted molar refractivity (Wildman–Crippen MR) is 409 cm³/mol. The molecule has 0 aromatic heterocycles. The van der Waals surface area contributed by atoms with Crippen LogP contribution in [0.5, 0.6) is 0 Å². The molecule has 0 bridgehead atoms. The Hall–Kier alpha value is -1.94. The highest BCUT2D eigenvalue weighted by molar-refractivity contribution is 7.47. The van der Waals surface area contributed by atoms with Gasteiger partial charge in [-0.25, -0.2) is 9.13 Å². The third-order valence-electron chi connectivity index (χ3n) is 19.7. The largest absolute Gasteiger partial charge is 0.472 e. The lowest BCUT2D eigenvalue weighted by Crippen LogP contribution is -2.30. The summed E-state index contributed by atoms with van der Waals surface area (Å²) in [5, 5.41) is 10.6. The number of carbonyl (C=O) groups is 4. The summed E-state index contributed by atoms with van der Waals surface area (Å²) in [7, 11) is -9.92. The van der Waals surface area contributed by atoms with Gasteiger partial charge in [0.15, 0.2) is 12.2 Å². The van der Waals surface area contributed by atoms with Crippen LogP contribution in [0.25, 0.3) is 0 Å². The van der Waals surface area contributed by atoms with E-state index in [0.717, 1.165) is 102 Å². The first kappa shape index (κ1) is 98.1. The SMILES string of the molecule is CCCCCCCCCCCCCCCCCCCCC(=O)O[C@H](COC(=O)CCCCCCCCCCCCCCCCCC)COP(=O)(O)OC[C@@H](O)COP(=O)(O)OC[C@@H](COC(=O)CCCCCCCCCCC(C)CC)OC(=O)CCCCCCCCCCCCC(C)CC. The molecule has 0 fully saturated rings. The van der Waals surface area contributed by atoms with Gasteiger partial charge in [-0.05, 0) is 37.5 Å². The highest BCUT2D eigenvalue weighted by atomic mass is 31.2. The molecule has 0 amide bonds. The fourth-order valence-electron chi connectivity index (χ4n) is 12.5. The van der Waals surface area contributed by atoms with Crippen molar-refractivity contribution in [2.24, 2.45) is 11.8 Å². The van der Waals surface area contributed by atoms with Crippen LogP contribution in [-0.2, 0) is 65.4 Å². The van der Waals surface area contributed by atoms with Gasteiger partial charge in [-0.2, -0.15) is 0 Å². The topological polar surface area (TPSA) is 237 Å². The molecule has 0 heterocycles. The number of phosphoric acid groups is 2. The Morgan fingerprint density at radius 2 is 0.480 bits per heavy atom. The zero-order valence-corrected chi connectivity index (χ0v) is 67.3. The molecule has 594 valence electrons. The molecule has 0 radical (unpaired) electrons. The molecule has 0 aliphatic heterocycles. The van der Waals surface area contributed by atoms with E-state index in [-0.39, 0.29) is 25.7 Å². The minimum atomic E-state index is -4.96. The number of unbranched alkanes of at least 4 members (excludes halogenated alkanes) is 48. The number of rotatable bonds is 80. The number of esters is 4. The third kappa shape index (κ3) is 71.7. The van der Waals surface area contributed by atoms with Crippen molar-refractivity contribution >= 4 is 39.5 Å². The minimum Gasteiger partial charge on any atom is -0.462 e. The lowest BCUT2D eigenvalue weighted by atomic mass is 9.99. The van der Waals surface area contributed by atoms with E-state index < -0.39 is 97.5 Å². The molecule has 0 rings (SSSR count). The molecule has 0 saturated carbocycles. The molecular weight excluding hydrogens is 1310 g/mol. The Kier molecular flexibility index (Phi) is 71.2. The zero-order valence-electron chi connectivity index (χ0n) is 65.5. The van der Waals surface area contributed by atoms with Crippen LogP contribution in [0.3, 0.4) is 0 Å². The molecule has 0 aliphatic carbocycles. The van der Waals surface area contributed by atoms with Crippen molar-refractivity contribution in [1.29, 1.82) is 0 Å². The average Bonchev–Trinajstić information content (AvgIpc) is 0.961. The molecule has 0 aliphatic rings. The van der Waals surface area contributed by atoms with Crippen molar-refractivity contribution in [1.82, 2.24) is 0 Å². The van der Waals surface area contributed by atoms with Crippen LogP contribution in [0.1, 0.15) is 427 Å². The third-order valence-corrected chi connectivity index (χ3v) is 21.6. The summed E-state index contributed by atoms with van der Waals surface area (Å²) >= 11 is 0. The number of aliphatic hydroxyl groups excluding tert-OH is 1. The fraction of sp³-hybridized carbons (Fsp3) is 0.951. The summed E-state index contributed by atoms with van der Waals surface area (Å²) in [5.74, 6) is -0.527. The summed E-state index contributed by atoms with van der Waals surface area (Å²) in [6.07, 6.45) is 62.2. The van der Waals surface area contributed by atoms with Crippen molar-refractivity contribution in [3.8, 4) is 0 Å². The molecule has 7 atom stereocenters. The first-order valence-electron chi connectivity index (χ1n) is 42.1. The molecule has 17 nitrogen and oxygen atoms in total. The van der Waals surface area contributed by atoms with Gasteiger partial charge in [0.1, 0.15) is 19.3 Å². The standard InChI is InChI=1S/C81H158O17P2/c1-7-11-13-15-17-19-21-23-25-27-28-30-32-34-39-47-53-59-65-80(85)97-76(69-91-78(83)63-57-51-45-38-33-31-29-26-24-22-20-18-16-14-12-8-2)71-95-99(87,88)93-67-75(82)68-94-100(89,90)96-72-77(70-92-79(84)64-58-52-46-42-41-44-50-56-62-74(6)10-4)98-81(86)66-60-54-48-40-36-35-37-43-49-55-61-73(5)9-3/h73-77,82H,7-72H2,1-6H3,(H,87,88)(H,89,90)/t73?,74?,75-,76-,77-/m1/s1. The second-order valence-corrected chi connectivity index (χ2v) is 32.6. The van der Waals surface area contributed by atoms with E-state index in [1.54, 1.807) is 0 Å². The molecule has 0 saturated heterocycles. The summed E-state index contributed by atoms with van der Waals surface area (Å²) in [5.41, 5.74) is 0. The summed E-state index contributed by atoms with van der Waals surface area (Å²) in [6.45, 7) is 9.67. The first-order valence-corrected chi connectivity index (χ1v) is 45.1. The number of ether oxygens (including phenoxy) is 4. The highest BCUT2D eigenvalue weighted by Gasteiger charge is 2.30. The molecule has 3 N–H and O–H groups in total. The quantitative estimate of drug-likeness (QED) is 0.0222. The van der Waals surface area contributed by atoms with Gasteiger partial charge in [-0.3, -0.25) is 37.3 Å². The van der Waals surface area contributed by atoms with Gasteiger partial charge in [0.25, 0.3) is 0 Å². The lowest BCUT2D eigenvalue weighted by Gasteiger charge is -2.21. The second-order valence-electron chi connectivity index (χ2n) is 29.6. The van der Waals surface area contributed by atoms with E-state index >= 15 is 0 Å². The van der Waals surface area contributed by atoms with Crippen LogP contribution in [0.2, 0.25) is 0 Å². The van der Waals surface area contributed by atoms with E-state index in [4.69, 9.17) is 37.0 Å². The maximum atomic E-state index is 13.1. The molecule has 100 heavy (non-hydrogen) atoms. The summed E-state index contributed by atoms with van der Waals surface area (Å²) in [4.78, 5) is 73.1.